The summed E-state index contributed by atoms with van der Waals surface area (Å²) in [6, 6.07) is 0. The minimum atomic E-state index is -0.434. The first kappa shape index (κ1) is 24.8. The van der Waals surface area contributed by atoms with Gasteiger partial charge in [0, 0.05) is 5.54 Å². The Morgan fingerprint density at radius 3 is 1.83 bits per heavy atom. The highest BCUT2D eigenvalue weighted by Gasteiger charge is 2.36. The monoisotopic (exact) mass is 328 g/mol. The largest absolute Gasteiger partial charge is 0.308 e. The maximum atomic E-state index is 12.3. The van der Waals surface area contributed by atoms with E-state index in [9.17, 15) is 4.79 Å². The molecule has 1 fully saturated rings. The van der Waals surface area contributed by atoms with Crippen LogP contribution in [-0.2, 0) is 4.79 Å². The molecule has 0 amide bonds. The van der Waals surface area contributed by atoms with Crippen molar-refractivity contribution in [3.8, 4) is 0 Å². The van der Waals surface area contributed by atoms with Gasteiger partial charge in [0.15, 0.2) is 5.78 Å². The van der Waals surface area contributed by atoms with Crippen LogP contribution in [0.15, 0.2) is 0 Å². The van der Waals surface area contributed by atoms with E-state index in [-0.39, 0.29) is 11.3 Å². The van der Waals surface area contributed by atoms with E-state index in [1.54, 1.807) is 0 Å². The molecule has 0 aromatic rings. The third-order valence-electron chi connectivity index (χ3n) is 5.29. The van der Waals surface area contributed by atoms with E-state index in [0.717, 1.165) is 5.92 Å². The topological polar surface area (TPSA) is 32.3 Å². The van der Waals surface area contributed by atoms with E-state index in [1.807, 2.05) is 48.6 Å². The fraction of sp³-hybridized carbons (Fsp3) is 0.950. The number of Topliss-reactive ketones (excluding diaryl/α,β-unsaturated/α-hetero) is 1. The average Bonchev–Trinajstić information content (AvgIpc) is 2.59. The second-order valence-electron chi connectivity index (χ2n) is 7.14. The lowest BCUT2D eigenvalue weighted by molar-refractivity contribution is -0.126. The fourth-order valence-electron chi connectivity index (χ4n) is 2.88. The van der Waals surface area contributed by atoms with Gasteiger partial charge in [-0.3, -0.25) is 9.69 Å². The number of carbonyl (C=O) groups excluding carboxylic acids is 1. The summed E-state index contributed by atoms with van der Waals surface area (Å²) in [6.07, 6.45) is 6.68. The number of rotatable bonds is 6. The van der Waals surface area contributed by atoms with Crippen LogP contribution in [0.3, 0.4) is 0 Å². The van der Waals surface area contributed by atoms with Gasteiger partial charge in [-0.05, 0) is 60.5 Å². The molecule has 3 heteroatoms. The zero-order valence-corrected chi connectivity index (χ0v) is 17.7. The van der Waals surface area contributed by atoms with Gasteiger partial charge in [-0.2, -0.15) is 0 Å². The van der Waals surface area contributed by atoms with Gasteiger partial charge < -0.3 is 5.32 Å². The summed E-state index contributed by atoms with van der Waals surface area (Å²) in [6.45, 7) is 17.0. The molecule has 0 saturated heterocycles. The summed E-state index contributed by atoms with van der Waals surface area (Å²) in [7, 11) is 3.95. The first-order chi connectivity index (χ1) is 10.7. The van der Waals surface area contributed by atoms with Gasteiger partial charge in [0.1, 0.15) is 0 Å². The lowest BCUT2D eigenvalue weighted by Gasteiger charge is -2.44. The van der Waals surface area contributed by atoms with Gasteiger partial charge in [0.2, 0.25) is 0 Å². The molecular weight excluding hydrogens is 284 g/mol. The maximum Gasteiger partial charge on any atom is 0.166 e. The number of likely N-dealkylation sites (N-methyl/N-ethyl adjacent to an activating group) is 2. The maximum absolute atomic E-state index is 12.3. The van der Waals surface area contributed by atoms with Crippen molar-refractivity contribution >= 4 is 5.78 Å². The predicted molar refractivity (Wildman–Crippen MR) is 104 cm³/mol. The number of hydrogen-bond donors (Lipinski definition) is 1. The normalized spacial score (nSPS) is 16.1. The van der Waals surface area contributed by atoms with Gasteiger partial charge in [0.25, 0.3) is 0 Å². The van der Waals surface area contributed by atoms with Crippen molar-refractivity contribution in [3.63, 3.8) is 0 Å². The summed E-state index contributed by atoms with van der Waals surface area (Å²) in [5.41, 5.74) is -0.323. The van der Waals surface area contributed by atoms with Gasteiger partial charge in [-0.15, -0.1) is 0 Å². The van der Waals surface area contributed by atoms with E-state index >= 15 is 0 Å². The van der Waals surface area contributed by atoms with Crippen molar-refractivity contribution in [1.29, 1.82) is 0 Å². The SMILES string of the molecule is CC.CC.CNC(C)(C)C(=O)CN(C)C(C)(C)C1CCCCC1. The van der Waals surface area contributed by atoms with Crippen molar-refractivity contribution < 1.29 is 4.79 Å². The van der Waals surface area contributed by atoms with Crippen molar-refractivity contribution in [2.75, 3.05) is 20.6 Å². The Morgan fingerprint density at radius 1 is 1.00 bits per heavy atom. The molecule has 0 atom stereocenters. The minimum Gasteiger partial charge on any atom is -0.308 e. The summed E-state index contributed by atoms with van der Waals surface area (Å²) < 4.78 is 0. The molecule has 0 radical (unpaired) electrons. The third kappa shape index (κ3) is 7.80. The van der Waals surface area contributed by atoms with E-state index in [2.05, 4.69) is 31.1 Å². The standard InChI is InChI=1S/C16H32N2O.2C2H6/c1-15(2,17-5)14(19)12-18(6)16(3,4)13-10-8-7-9-11-13;2*1-2/h13,17H,7-12H2,1-6H3;2*1-2H3. The molecule has 0 aromatic heterocycles. The first-order valence-electron chi connectivity index (χ1n) is 9.65. The highest BCUT2D eigenvalue weighted by molar-refractivity contribution is 5.89. The first-order valence-corrected chi connectivity index (χ1v) is 9.65. The molecule has 0 bridgehead atoms. The van der Waals surface area contributed by atoms with Crippen molar-refractivity contribution in [2.24, 2.45) is 5.92 Å². The molecule has 1 rings (SSSR count). The van der Waals surface area contributed by atoms with Gasteiger partial charge in [-0.25, -0.2) is 0 Å². The molecule has 0 aliphatic heterocycles. The quantitative estimate of drug-likeness (QED) is 0.753. The summed E-state index contributed by atoms with van der Waals surface area (Å²) in [5, 5.41) is 3.10. The van der Waals surface area contributed by atoms with Crippen LogP contribution < -0.4 is 5.32 Å². The molecule has 0 aromatic carbocycles. The molecular formula is C20H44N2O. The number of carbonyl (C=O) groups is 1. The Hall–Kier alpha value is -0.410. The second-order valence-corrected chi connectivity index (χ2v) is 7.14. The van der Waals surface area contributed by atoms with Crippen LogP contribution in [0.5, 0.6) is 0 Å². The van der Waals surface area contributed by atoms with Crippen molar-refractivity contribution in [1.82, 2.24) is 10.2 Å². The number of nitrogens with zero attached hydrogens (tertiary/aromatic N) is 1. The van der Waals surface area contributed by atoms with E-state index in [4.69, 9.17) is 0 Å². The predicted octanol–water partition coefficient (Wildman–Crippen LogP) is 4.90. The molecule has 3 nitrogen and oxygen atoms in total. The number of hydrogen-bond acceptors (Lipinski definition) is 3. The zero-order chi connectivity index (χ0) is 18.7. The van der Waals surface area contributed by atoms with Crippen molar-refractivity contribution in [2.45, 2.75) is 98.6 Å². The van der Waals surface area contributed by atoms with E-state index in [1.165, 1.54) is 32.1 Å². The van der Waals surface area contributed by atoms with Gasteiger partial charge >= 0.3 is 0 Å². The Labute approximate surface area is 146 Å². The summed E-state index contributed by atoms with van der Waals surface area (Å²) >= 11 is 0. The van der Waals surface area contributed by atoms with Crippen LogP contribution in [0.25, 0.3) is 0 Å². The van der Waals surface area contributed by atoms with Crippen LogP contribution >= 0.6 is 0 Å². The van der Waals surface area contributed by atoms with Crippen LogP contribution in [-0.4, -0.2) is 42.4 Å². The summed E-state index contributed by atoms with van der Waals surface area (Å²) in [5.74, 6) is 0.984. The van der Waals surface area contributed by atoms with Crippen LogP contribution in [0.2, 0.25) is 0 Å². The minimum absolute atomic E-state index is 0.111. The van der Waals surface area contributed by atoms with Crippen LogP contribution in [0.4, 0.5) is 0 Å². The highest BCUT2D eigenvalue weighted by Crippen LogP contribution is 2.35. The third-order valence-corrected chi connectivity index (χ3v) is 5.29. The van der Waals surface area contributed by atoms with E-state index in [0.29, 0.717) is 6.54 Å². The Bertz CT molecular complexity index is 305. The number of nitrogens with one attached hydrogen (secondary N) is 1. The summed E-state index contributed by atoms with van der Waals surface area (Å²) in [4.78, 5) is 14.6. The molecule has 1 N–H and O–H groups in total. The fourth-order valence-corrected chi connectivity index (χ4v) is 2.88. The second kappa shape index (κ2) is 12.0. The Kier molecular flexibility index (Phi) is 13.0. The number of ketones is 1. The Balaban J connectivity index is 0. The van der Waals surface area contributed by atoms with Crippen molar-refractivity contribution in [3.05, 3.63) is 0 Å². The molecule has 0 unspecified atom stereocenters. The molecule has 1 aliphatic rings. The molecule has 0 heterocycles. The smallest absolute Gasteiger partial charge is 0.166 e. The Morgan fingerprint density at radius 2 is 1.43 bits per heavy atom. The lowest BCUT2D eigenvalue weighted by Crippen LogP contribution is -2.55. The zero-order valence-electron chi connectivity index (χ0n) is 17.7. The molecule has 140 valence electrons. The van der Waals surface area contributed by atoms with Gasteiger partial charge in [-0.1, -0.05) is 47.0 Å². The molecule has 0 spiro atoms. The average molecular weight is 329 g/mol. The molecule has 1 aliphatic carbocycles. The van der Waals surface area contributed by atoms with Gasteiger partial charge in [0.05, 0.1) is 12.1 Å². The van der Waals surface area contributed by atoms with E-state index < -0.39 is 5.54 Å². The molecule has 23 heavy (non-hydrogen) atoms. The van der Waals surface area contributed by atoms with Crippen LogP contribution in [0, 0.1) is 5.92 Å². The lowest BCUT2D eigenvalue weighted by atomic mass is 9.75. The highest BCUT2D eigenvalue weighted by atomic mass is 16.1. The molecule has 1 saturated carbocycles. The van der Waals surface area contributed by atoms with Crippen LogP contribution in [0.1, 0.15) is 87.5 Å².